The van der Waals surface area contributed by atoms with Gasteiger partial charge in [0, 0.05) is 12.1 Å². The molecule has 0 aromatic heterocycles. The summed E-state index contributed by atoms with van der Waals surface area (Å²) in [6.45, 7) is 17.3. The average molecular weight is 242 g/mol. The van der Waals surface area contributed by atoms with Crippen molar-refractivity contribution in [2.75, 3.05) is 19.6 Å². The Bertz CT molecular complexity index is 168. The molecule has 0 aliphatic carbocycles. The fourth-order valence-corrected chi connectivity index (χ4v) is 2.32. The molecule has 0 saturated heterocycles. The van der Waals surface area contributed by atoms with Crippen LogP contribution in [0, 0.1) is 5.92 Å². The van der Waals surface area contributed by atoms with E-state index >= 15 is 0 Å². The van der Waals surface area contributed by atoms with Crippen molar-refractivity contribution in [1.29, 1.82) is 0 Å². The molecule has 1 N–H and O–H groups in total. The maximum atomic E-state index is 3.54. The van der Waals surface area contributed by atoms with Crippen LogP contribution >= 0.6 is 0 Å². The predicted molar refractivity (Wildman–Crippen MR) is 78.5 cm³/mol. The van der Waals surface area contributed by atoms with Crippen molar-refractivity contribution < 1.29 is 0 Å². The lowest BCUT2D eigenvalue weighted by molar-refractivity contribution is 0.170. The molecule has 0 aromatic rings. The Morgan fingerprint density at radius 1 is 1.00 bits per heavy atom. The molecule has 0 aliphatic heterocycles. The average Bonchev–Trinajstić information content (AvgIpc) is 2.27. The Kier molecular flexibility index (Phi) is 9.85. The molecule has 2 nitrogen and oxygen atoms in total. The zero-order chi connectivity index (χ0) is 13.3. The highest BCUT2D eigenvalue weighted by molar-refractivity contribution is 4.77. The van der Waals surface area contributed by atoms with Crippen molar-refractivity contribution in [3.8, 4) is 0 Å². The summed E-state index contributed by atoms with van der Waals surface area (Å²) < 4.78 is 0. The fraction of sp³-hybridized carbons (Fsp3) is 1.00. The fourth-order valence-electron chi connectivity index (χ4n) is 2.32. The highest BCUT2D eigenvalue weighted by Gasteiger charge is 2.18. The van der Waals surface area contributed by atoms with Crippen LogP contribution in [0.1, 0.15) is 60.8 Å². The summed E-state index contributed by atoms with van der Waals surface area (Å²) in [6, 6.07) is 1.23. The molecule has 2 heteroatoms. The summed E-state index contributed by atoms with van der Waals surface area (Å²) in [6.07, 6.45) is 3.94. The summed E-state index contributed by atoms with van der Waals surface area (Å²) >= 11 is 0. The lowest BCUT2D eigenvalue weighted by atomic mass is 10.1. The van der Waals surface area contributed by atoms with E-state index in [0.717, 1.165) is 12.5 Å². The Hall–Kier alpha value is -0.0800. The molecule has 0 bridgehead atoms. The maximum absolute atomic E-state index is 3.54. The van der Waals surface area contributed by atoms with Crippen molar-refractivity contribution in [3.63, 3.8) is 0 Å². The van der Waals surface area contributed by atoms with Gasteiger partial charge in [-0.15, -0.1) is 0 Å². The van der Waals surface area contributed by atoms with Crippen molar-refractivity contribution >= 4 is 0 Å². The minimum atomic E-state index is 0.589. The first-order valence-corrected chi connectivity index (χ1v) is 7.50. The molecule has 0 saturated carbocycles. The van der Waals surface area contributed by atoms with E-state index in [-0.39, 0.29) is 0 Å². The summed E-state index contributed by atoms with van der Waals surface area (Å²) in [5.74, 6) is 0.833. The van der Waals surface area contributed by atoms with E-state index in [2.05, 4.69) is 51.8 Å². The van der Waals surface area contributed by atoms with Gasteiger partial charge in [-0.3, -0.25) is 4.90 Å². The second-order valence-corrected chi connectivity index (χ2v) is 5.66. The lowest BCUT2D eigenvalue weighted by Gasteiger charge is -2.33. The quantitative estimate of drug-likeness (QED) is 0.630. The van der Waals surface area contributed by atoms with Crippen LogP contribution in [0.25, 0.3) is 0 Å². The van der Waals surface area contributed by atoms with Crippen LogP contribution in [0.15, 0.2) is 0 Å². The molecule has 0 aliphatic rings. The monoisotopic (exact) mass is 242 g/mol. The van der Waals surface area contributed by atoms with Gasteiger partial charge in [0.25, 0.3) is 0 Å². The third-order valence-electron chi connectivity index (χ3n) is 3.56. The second kappa shape index (κ2) is 9.90. The second-order valence-electron chi connectivity index (χ2n) is 5.66. The Morgan fingerprint density at radius 3 is 2.12 bits per heavy atom. The molecule has 0 fully saturated rings. The largest absolute Gasteiger partial charge is 0.313 e. The lowest BCUT2D eigenvalue weighted by Crippen LogP contribution is -2.47. The van der Waals surface area contributed by atoms with Crippen LogP contribution in [-0.4, -0.2) is 36.6 Å². The first-order valence-electron chi connectivity index (χ1n) is 7.50. The molecular formula is C15H34N2. The van der Waals surface area contributed by atoms with Crippen LogP contribution in [0.4, 0.5) is 0 Å². The van der Waals surface area contributed by atoms with Crippen LogP contribution < -0.4 is 5.32 Å². The number of likely N-dealkylation sites (N-methyl/N-ethyl adjacent to an activating group) is 1. The van der Waals surface area contributed by atoms with E-state index in [0.29, 0.717) is 12.1 Å². The molecule has 0 rings (SSSR count). The van der Waals surface area contributed by atoms with E-state index in [1.165, 1.54) is 32.4 Å². The summed E-state index contributed by atoms with van der Waals surface area (Å²) in [4.78, 5) is 2.65. The first-order chi connectivity index (χ1) is 8.02. The molecule has 17 heavy (non-hydrogen) atoms. The molecule has 0 radical (unpaired) electrons. The van der Waals surface area contributed by atoms with Gasteiger partial charge in [0.2, 0.25) is 0 Å². The number of nitrogens with one attached hydrogen (secondary N) is 1. The van der Waals surface area contributed by atoms with Crippen molar-refractivity contribution in [2.24, 2.45) is 5.92 Å². The zero-order valence-electron chi connectivity index (χ0n) is 12.9. The van der Waals surface area contributed by atoms with E-state index < -0.39 is 0 Å². The van der Waals surface area contributed by atoms with Gasteiger partial charge in [-0.25, -0.2) is 0 Å². The normalized spacial score (nSPS) is 15.5. The third-order valence-corrected chi connectivity index (χ3v) is 3.56. The summed E-state index contributed by atoms with van der Waals surface area (Å²) in [5, 5.41) is 3.54. The van der Waals surface area contributed by atoms with Crippen LogP contribution in [0.2, 0.25) is 0 Å². The van der Waals surface area contributed by atoms with Crippen LogP contribution in [-0.2, 0) is 0 Å². The van der Waals surface area contributed by atoms with E-state index in [9.17, 15) is 0 Å². The summed E-state index contributed by atoms with van der Waals surface area (Å²) in [5.41, 5.74) is 0. The van der Waals surface area contributed by atoms with Crippen LogP contribution in [0.5, 0.6) is 0 Å². The first kappa shape index (κ1) is 16.9. The van der Waals surface area contributed by atoms with Crippen molar-refractivity contribution in [3.05, 3.63) is 0 Å². The highest BCUT2D eigenvalue weighted by Crippen LogP contribution is 2.10. The predicted octanol–water partition coefficient (Wildman–Crippen LogP) is 3.52. The smallest absolute Gasteiger partial charge is 0.0218 e. The third kappa shape index (κ3) is 7.77. The SMILES string of the molecule is CCCN(CCCC(C)C)C(C)C(C)NCC. The van der Waals surface area contributed by atoms with E-state index in [1.807, 2.05) is 0 Å². The molecule has 2 unspecified atom stereocenters. The van der Waals surface area contributed by atoms with Gasteiger partial charge in [-0.2, -0.15) is 0 Å². The topological polar surface area (TPSA) is 15.3 Å². The maximum Gasteiger partial charge on any atom is 0.0218 e. The zero-order valence-corrected chi connectivity index (χ0v) is 12.9. The number of hydrogen-bond donors (Lipinski definition) is 1. The van der Waals surface area contributed by atoms with Crippen LogP contribution in [0.3, 0.4) is 0 Å². The van der Waals surface area contributed by atoms with Gasteiger partial charge in [0.15, 0.2) is 0 Å². The number of nitrogens with zero attached hydrogens (tertiary/aromatic N) is 1. The molecule has 0 aromatic carbocycles. The Morgan fingerprint density at radius 2 is 1.65 bits per heavy atom. The van der Waals surface area contributed by atoms with E-state index in [4.69, 9.17) is 0 Å². The number of rotatable bonds is 10. The molecule has 104 valence electrons. The Balaban J connectivity index is 4.10. The standard InChI is InChI=1S/C15H34N2/c1-7-11-17(12-9-10-13(3)4)15(6)14(5)16-8-2/h13-16H,7-12H2,1-6H3. The van der Waals surface area contributed by atoms with Gasteiger partial charge in [-0.1, -0.05) is 27.7 Å². The molecule has 0 amide bonds. The van der Waals surface area contributed by atoms with Gasteiger partial charge in [-0.05, 0) is 58.7 Å². The number of hydrogen-bond acceptors (Lipinski definition) is 2. The van der Waals surface area contributed by atoms with Gasteiger partial charge < -0.3 is 5.32 Å². The Labute approximate surface area is 109 Å². The molecule has 0 spiro atoms. The highest BCUT2D eigenvalue weighted by atomic mass is 15.2. The van der Waals surface area contributed by atoms with Crippen molar-refractivity contribution in [1.82, 2.24) is 10.2 Å². The van der Waals surface area contributed by atoms with Gasteiger partial charge >= 0.3 is 0 Å². The van der Waals surface area contributed by atoms with Gasteiger partial charge in [0.1, 0.15) is 0 Å². The summed E-state index contributed by atoms with van der Waals surface area (Å²) in [7, 11) is 0. The minimum absolute atomic E-state index is 0.589. The molecule has 2 atom stereocenters. The van der Waals surface area contributed by atoms with Crippen molar-refractivity contribution in [2.45, 2.75) is 72.9 Å². The van der Waals surface area contributed by atoms with Gasteiger partial charge in [0.05, 0.1) is 0 Å². The molecular weight excluding hydrogens is 208 g/mol. The minimum Gasteiger partial charge on any atom is -0.313 e. The molecule has 0 heterocycles. The van der Waals surface area contributed by atoms with E-state index in [1.54, 1.807) is 0 Å².